The van der Waals surface area contributed by atoms with Crippen LogP contribution in [-0.2, 0) is 19.5 Å². The number of nitrogens with zero attached hydrogens (tertiary/aromatic N) is 3. The zero-order valence-electron chi connectivity index (χ0n) is 14.4. The first-order valence-electron chi connectivity index (χ1n) is 8.84. The number of aromatic amines is 1. The smallest absolute Gasteiger partial charge is 0.126 e. The first-order chi connectivity index (χ1) is 13.2. The van der Waals surface area contributed by atoms with Crippen LogP contribution in [0.3, 0.4) is 0 Å². The third-order valence-corrected chi connectivity index (χ3v) is 5.02. The summed E-state index contributed by atoms with van der Waals surface area (Å²) in [4.78, 5) is 3.47. The maximum Gasteiger partial charge on any atom is 0.126 e. The molecule has 2 aromatic heterocycles. The molecule has 2 aromatic carbocycles. The molecule has 5 rings (SSSR count). The van der Waals surface area contributed by atoms with Gasteiger partial charge in [0, 0.05) is 40.8 Å². The zero-order chi connectivity index (χ0) is 18.4. The number of fused-ring (bicyclic) bond motifs is 3. The van der Waals surface area contributed by atoms with Gasteiger partial charge in [-0.15, -0.1) is 5.10 Å². The summed E-state index contributed by atoms with van der Waals surface area (Å²) >= 11 is 0. The van der Waals surface area contributed by atoms with E-state index in [4.69, 9.17) is 0 Å². The van der Waals surface area contributed by atoms with E-state index >= 15 is 0 Å². The van der Waals surface area contributed by atoms with Gasteiger partial charge in [0.25, 0.3) is 0 Å². The summed E-state index contributed by atoms with van der Waals surface area (Å²) in [6.07, 6.45) is 2.60. The molecule has 136 valence electrons. The van der Waals surface area contributed by atoms with Crippen molar-refractivity contribution in [1.29, 1.82) is 0 Å². The summed E-state index contributed by atoms with van der Waals surface area (Å²) in [6, 6.07) is 11.9. The maximum atomic E-state index is 13.4. The van der Waals surface area contributed by atoms with E-state index in [-0.39, 0.29) is 6.04 Å². The molecule has 5 nitrogen and oxygen atoms in total. The monoisotopic (exact) mass is 365 g/mol. The summed E-state index contributed by atoms with van der Waals surface area (Å²) in [5.41, 5.74) is 4.55. The number of para-hydroxylation sites is 1. The van der Waals surface area contributed by atoms with Crippen LogP contribution in [0.5, 0.6) is 0 Å². The molecule has 0 bridgehead atoms. The normalized spacial score (nSPS) is 16.6. The molecule has 2 N–H and O–H groups in total. The summed E-state index contributed by atoms with van der Waals surface area (Å²) in [6.45, 7) is 1.40. The van der Waals surface area contributed by atoms with Gasteiger partial charge in [-0.05, 0) is 30.2 Å². The van der Waals surface area contributed by atoms with Gasteiger partial charge in [-0.1, -0.05) is 23.4 Å². The Morgan fingerprint density at radius 3 is 2.78 bits per heavy atom. The lowest BCUT2D eigenvalue weighted by atomic mass is 9.98. The average molecular weight is 365 g/mol. The van der Waals surface area contributed by atoms with Gasteiger partial charge >= 0.3 is 0 Å². The van der Waals surface area contributed by atoms with Crippen molar-refractivity contribution in [2.75, 3.05) is 0 Å². The predicted molar refractivity (Wildman–Crippen MR) is 98.0 cm³/mol. The fourth-order valence-electron chi connectivity index (χ4n) is 3.78. The van der Waals surface area contributed by atoms with Crippen LogP contribution in [-0.4, -0.2) is 26.0 Å². The Morgan fingerprint density at radius 1 is 1.11 bits per heavy atom. The molecule has 0 spiro atoms. The van der Waals surface area contributed by atoms with Crippen molar-refractivity contribution in [3.63, 3.8) is 0 Å². The van der Waals surface area contributed by atoms with Crippen LogP contribution in [0.1, 0.15) is 11.3 Å². The molecule has 4 aromatic rings. The molecule has 0 fully saturated rings. The number of hydrogen-bond acceptors (Lipinski definition) is 3. The van der Waals surface area contributed by atoms with Crippen LogP contribution in [0.25, 0.3) is 22.2 Å². The number of halogens is 2. The van der Waals surface area contributed by atoms with Gasteiger partial charge in [0.05, 0.1) is 12.7 Å². The van der Waals surface area contributed by atoms with Crippen LogP contribution in [0, 0.1) is 11.6 Å². The van der Waals surface area contributed by atoms with Crippen LogP contribution < -0.4 is 5.32 Å². The molecule has 0 saturated carbocycles. The zero-order valence-corrected chi connectivity index (χ0v) is 14.4. The van der Waals surface area contributed by atoms with Gasteiger partial charge in [0.1, 0.15) is 17.3 Å². The number of hydrogen-bond donors (Lipinski definition) is 2. The first kappa shape index (κ1) is 16.1. The molecule has 1 atom stereocenters. The second-order valence-electron chi connectivity index (χ2n) is 6.89. The largest absolute Gasteiger partial charge is 0.357 e. The Labute approximate surface area is 154 Å². The standard InChI is InChI=1S/C20H17F2N5/c21-13-5-12(6-14(22)7-13)20-11-27(26-25-20)10-15-8-17-16-3-1-2-4-18(16)24-19(17)9-23-15/h1-7,11,15,23-24H,8-10H2/t15-/m0/s1. The minimum Gasteiger partial charge on any atom is -0.357 e. The summed E-state index contributed by atoms with van der Waals surface area (Å²) in [5.74, 6) is -1.25. The highest BCUT2D eigenvalue weighted by Gasteiger charge is 2.22. The SMILES string of the molecule is Fc1cc(F)cc(-c2cn(C[C@@H]3Cc4c([nH]c5ccccc45)CN3)nn2)c1. The maximum absolute atomic E-state index is 13.4. The van der Waals surface area contributed by atoms with E-state index in [9.17, 15) is 8.78 Å². The summed E-state index contributed by atoms with van der Waals surface area (Å²) < 4.78 is 28.6. The summed E-state index contributed by atoms with van der Waals surface area (Å²) in [7, 11) is 0. The van der Waals surface area contributed by atoms with Gasteiger partial charge in [0.15, 0.2) is 0 Å². The molecule has 27 heavy (non-hydrogen) atoms. The number of H-pyrrole nitrogens is 1. The van der Waals surface area contributed by atoms with Gasteiger partial charge in [-0.3, -0.25) is 4.68 Å². The van der Waals surface area contributed by atoms with Crippen molar-refractivity contribution in [2.24, 2.45) is 0 Å². The first-order valence-corrected chi connectivity index (χ1v) is 8.84. The number of aromatic nitrogens is 4. The van der Waals surface area contributed by atoms with Crippen molar-refractivity contribution in [3.05, 3.63) is 71.6 Å². The third kappa shape index (κ3) is 3.00. The Bertz CT molecular complexity index is 1110. The Hall–Kier alpha value is -3.06. The minimum atomic E-state index is -0.625. The topological polar surface area (TPSA) is 58.5 Å². The highest BCUT2D eigenvalue weighted by Crippen LogP contribution is 2.27. The number of rotatable bonds is 3. The molecule has 1 aliphatic heterocycles. The van der Waals surface area contributed by atoms with Crippen LogP contribution in [0.4, 0.5) is 8.78 Å². The average Bonchev–Trinajstić information content (AvgIpc) is 3.25. The van der Waals surface area contributed by atoms with E-state index in [1.807, 2.05) is 6.07 Å². The molecule has 1 aliphatic rings. The van der Waals surface area contributed by atoms with Gasteiger partial charge < -0.3 is 10.3 Å². The number of nitrogens with one attached hydrogen (secondary N) is 2. The van der Waals surface area contributed by atoms with Crippen molar-refractivity contribution >= 4 is 10.9 Å². The predicted octanol–water partition coefficient (Wildman–Crippen LogP) is 3.42. The van der Waals surface area contributed by atoms with Crippen LogP contribution in [0.2, 0.25) is 0 Å². The lowest BCUT2D eigenvalue weighted by Crippen LogP contribution is -2.38. The van der Waals surface area contributed by atoms with Gasteiger partial charge in [-0.2, -0.15) is 0 Å². The van der Waals surface area contributed by atoms with E-state index in [1.54, 1.807) is 10.9 Å². The third-order valence-electron chi connectivity index (χ3n) is 5.02. The molecular formula is C20H17F2N5. The highest BCUT2D eigenvalue weighted by molar-refractivity contribution is 5.84. The quantitative estimate of drug-likeness (QED) is 0.585. The van der Waals surface area contributed by atoms with Crippen molar-refractivity contribution in [1.82, 2.24) is 25.3 Å². The molecule has 7 heteroatoms. The van der Waals surface area contributed by atoms with Crippen molar-refractivity contribution in [3.8, 4) is 11.3 Å². The fourth-order valence-corrected chi connectivity index (χ4v) is 3.78. The van der Waals surface area contributed by atoms with Crippen LogP contribution >= 0.6 is 0 Å². The summed E-state index contributed by atoms with van der Waals surface area (Å²) in [5, 5.41) is 13.0. The molecule has 0 aliphatic carbocycles. The Morgan fingerprint density at radius 2 is 1.93 bits per heavy atom. The fraction of sp³-hybridized carbons (Fsp3) is 0.200. The minimum absolute atomic E-state index is 0.204. The van der Waals surface area contributed by atoms with E-state index in [0.29, 0.717) is 17.8 Å². The Kier molecular flexibility index (Phi) is 3.75. The molecule has 0 saturated heterocycles. The van der Waals surface area contributed by atoms with E-state index < -0.39 is 11.6 Å². The van der Waals surface area contributed by atoms with E-state index in [0.717, 1.165) is 24.5 Å². The Balaban J connectivity index is 1.37. The second kappa shape index (κ2) is 6.28. The number of benzene rings is 2. The molecule has 0 unspecified atom stereocenters. The lowest BCUT2D eigenvalue weighted by Gasteiger charge is -2.23. The second-order valence-corrected chi connectivity index (χ2v) is 6.89. The molecular weight excluding hydrogens is 348 g/mol. The molecule has 3 heterocycles. The van der Waals surface area contributed by atoms with E-state index in [1.165, 1.54) is 28.8 Å². The van der Waals surface area contributed by atoms with Gasteiger partial charge in [-0.25, -0.2) is 8.78 Å². The molecule has 0 amide bonds. The molecule has 0 radical (unpaired) electrons. The van der Waals surface area contributed by atoms with Crippen LogP contribution in [0.15, 0.2) is 48.7 Å². The van der Waals surface area contributed by atoms with Gasteiger partial charge in [0.2, 0.25) is 0 Å². The highest BCUT2D eigenvalue weighted by atomic mass is 19.1. The van der Waals surface area contributed by atoms with E-state index in [2.05, 4.69) is 38.8 Å². The van der Waals surface area contributed by atoms with Crippen molar-refractivity contribution < 1.29 is 8.78 Å². The van der Waals surface area contributed by atoms with Crippen molar-refractivity contribution in [2.45, 2.75) is 25.6 Å². The lowest BCUT2D eigenvalue weighted by molar-refractivity contribution is 0.398.